The number of morpholine rings is 1. The van der Waals surface area contributed by atoms with Gasteiger partial charge in [0.1, 0.15) is 23.5 Å². The van der Waals surface area contributed by atoms with Gasteiger partial charge in [0.05, 0.1) is 36.0 Å². The summed E-state index contributed by atoms with van der Waals surface area (Å²) in [6, 6.07) is 5.16. The van der Waals surface area contributed by atoms with Crippen LogP contribution in [0.2, 0.25) is 0 Å². The van der Waals surface area contributed by atoms with Crippen molar-refractivity contribution >= 4 is 28.1 Å². The highest BCUT2D eigenvalue weighted by atomic mass is 19.4. The SMILES string of the molecule is Cc1nc(N[C@H](C)c2cc(N)cc(C(F)(F)F)c2)c2cc(N3CCOCC3)c3c(c2n1)C[C@H](C)O3. The molecule has 0 amide bonds. The molecule has 10 heteroatoms. The minimum Gasteiger partial charge on any atom is -0.488 e. The Hall–Kier alpha value is -3.27. The Labute approximate surface area is 201 Å². The number of nitrogens with two attached hydrogens (primary N) is 1. The van der Waals surface area contributed by atoms with Gasteiger partial charge in [-0.2, -0.15) is 13.2 Å². The Kier molecular flexibility index (Phi) is 5.86. The second-order valence-corrected chi connectivity index (χ2v) is 9.20. The Morgan fingerprint density at radius 1 is 1.14 bits per heavy atom. The van der Waals surface area contributed by atoms with Crippen LogP contribution in [0.3, 0.4) is 0 Å². The smallest absolute Gasteiger partial charge is 0.416 e. The lowest BCUT2D eigenvalue weighted by molar-refractivity contribution is -0.137. The highest BCUT2D eigenvalue weighted by molar-refractivity contribution is 5.97. The predicted molar refractivity (Wildman–Crippen MR) is 129 cm³/mol. The third-order valence-corrected chi connectivity index (χ3v) is 6.45. The van der Waals surface area contributed by atoms with Crippen molar-refractivity contribution in [3.05, 3.63) is 46.8 Å². The van der Waals surface area contributed by atoms with Gasteiger partial charge in [-0.1, -0.05) is 0 Å². The van der Waals surface area contributed by atoms with E-state index in [4.69, 9.17) is 20.2 Å². The van der Waals surface area contributed by atoms with Crippen LogP contribution in [0.1, 0.15) is 42.4 Å². The third kappa shape index (κ3) is 4.54. The Morgan fingerprint density at radius 2 is 1.89 bits per heavy atom. The number of anilines is 3. The molecule has 2 aliphatic heterocycles. The number of benzene rings is 2. The first-order valence-corrected chi connectivity index (χ1v) is 11.7. The highest BCUT2D eigenvalue weighted by Gasteiger charge is 2.32. The first-order valence-electron chi connectivity index (χ1n) is 11.7. The Morgan fingerprint density at radius 3 is 2.60 bits per heavy atom. The van der Waals surface area contributed by atoms with E-state index in [9.17, 15) is 13.2 Å². The van der Waals surface area contributed by atoms with Gasteiger partial charge in [0.15, 0.2) is 0 Å². The van der Waals surface area contributed by atoms with E-state index in [2.05, 4.69) is 15.2 Å². The maximum Gasteiger partial charge on any atom is 0.416 e. The van der Waals surface area contributed by atoms with Crippen molar-refractivity contribution in [3.8, 4) is 5.75 Å². The fraction of sp³-hybridized carbons (Fsp3) is 0.440. The summed E-state index contributed by atoms with van der Waals surface area (Å²) in [6.45, 7) is 8.37. The average Bonchev–Trinajstić information content (AvgIpc) is 3.20. The zero-order chi connectivity index (χ0) is 24.9. The van der Waals surface area contributed by atoms with Gasteiger partial charge in [-0.25, -0.2) is 9.97 Å². The van der Waals surface area contributed by atoms with Crippen LogP contribution in [0, 0.1) is 6.92 Å². The van der Waals surface area contributed by atoms with Crippen LogP contribution in [0.15, 0.2) is 24.3 Å². The molecule has 1 fully saturated rings. The number of alkyl halides is 3. The molecule has 2 aliphatic rings. The lowest BCUT2D eigenvalue weighted by Gasteiger charge is -2.30. The molecule has 3 heterocycles. The maximum absolute atomic E-state index is 13.4. The largest absolute Gasteiger partial charge is 0.488 e. The molecule has 0 saturated carbocycles. The predicted octanol–water partition coefficient (Wildman–Crippen LogP) is 4.87. The lowest BCUT2D eigenvalue weighted by Crippen LogP contribution is -2.36. The molecule has 0 radical (unpaired) electrons. The van der Waals surface area contributed by atoms with Gasteiger partial charge in [-0.3, -0.25) is 0 Å². The molecule has 0 aliphatic carbocycles. The van der Waals surface area contributed by atoms with Gasteiger partial charge in [0.2, 0.25) is 0 Å². The van der Waals surface area contributed by atoms with E-state index in [0.29, 0.717) is 30.4 Å². The molecule has 0 unspecified atom stereocenters. The highest BCUT2D eigenvalue weighted by Crippen LogP contribution is 2.45. The summed E-state index contributed by atoms with van der Waals surface area (Å²) < 4.78 is 51.8. The number of ether oxygens (including phenoxy) is 2. The molecule has 1 aromatic heterocycles. The fourth-order valence-corrected chi connectivity index (χ4v) is 4.79. The van der Waals surface area contributed by atoms with E-state index < -0.39 is 17.8 Å². The van der Waals surface area contributed by atoms with E-state index >= 15 is 0 Å². The summed E-state index contributed by atoms with van der Waals surface area (Å²) in [5.74, 6) is 1.97. The monoisotopic (exact) mass is 487 g/mol. The molecular formula is C25H28F3N5O2. The molecule has 35 heavy (non-hydrogen) atoms. The summed E-state index contributed by atoms with van der Waals surface area (Å²) in [5.41, 5.74) is 8.30. The zero-order valence-electron chi connectivity index (χ0n) is 19.9. The summed E-state index contributed by atoms with van der Waals surface area (Å²) >= 11 is 0. The van der Waals surface area contributed by atoms with Crippen molar-refractivity contribution in [2.75, 3.05) is 42.3 Å². The molecule has 0 bridgehead atoms. The van der Waals surface area contributed by atoms with Crippen molar-refractivity contribution in [2.24, 2.45) is 0 Å². The Bertz CT molecular complexity index is 1270. The number of halogens is 3. The number of hydrogen-bond donors (Lipinski definition) is 2. The summed E-state index contributed by atoms with van der Waals surface area (Å²) in [4.78, 5) is 11.6. The first kappa shape index (κ1) is 23.5. The number of fused-ring (bicyclic) bond motifs is 3. The number of aromatic nitrogens is 2. The molecule has 2 atom stereocenters. The standard InChI is InChI=1S/C25H28F3N5O2/c1-13-8-19-22-20(12-21(23(19)35-13)33-4-6-34-7-5-33)24(32-15(3)31-22)30-14(2)16-9-17(25(26,27)28)11-18(29)10-16/h9-14H,4-8,29H2,1-3H3,(H,30,31,32)/t13-,14+/m0/s1. The van der Waals surface area contributed by atoms with Gasteiger partial charge < -0.3 is 25.4 Å². The van der Waals surface area contributed by atoms with Crippen molar-refractivity contribution < 1.29 is 22.6 Å². The van der Waals surface area contributed by atoms with Crippen LogP contribution >= 0.6 is 0 Å². The molecular weight excluding hydrogens is 459 g/mol. The average molecular weight is 488 g/mol. The number of rotatable bonds is 4. The quantitative estimate of drug-likeness (QED) is 0.508. The minimum absolute atomic E-state index is 0.0223. The molecule has 7 nitrogen and oxygen atoms in total. The van der Waals surface area contributed by atoms with E-state index in [1.807, 2.05) is 13.0 Å². The third-order valence-electron chi connectivity index (χ3n) is 6.45. The number of hydrogen-bond acceptors (Lipinski definition) is 7. The van der Waals surface area contributed by atoms with Gasteiger partial charge in [0, 0.05) is 36.1 Å². The lowest BCUT2D eigenvalue weighted by atomic mass is 10.0. The molecule has 2 aromatic carbocycles. The van der Waals surface area contributed by atoms with Crippen LogP contribution < -0.4 is 20.7 Å². The summed E-state index contributed by atoms with van der Waals surface area (Å²) in [5, 5.41) is 4.13. The summed E-state index contributed by atoms with van der Waals surface area (Å²) in [6.07, 6.45) is -3.74. The van der Waals surface area contributed by atoms with Crippen LogP contribution in [-0.2, 0) is 17.3 Å². The molecule has 3 aromatic rings. The minimum atomic E-state index is -4.48. The molecule has 5 rings (SSSR count). The molecule has 0 spiro atoms. The van der Waals surface area contributed by atoms with Gasteiger partial charge in [-0.15, -0.1) is 0 Å². The van der Waals surface area contributed by atoms with E-state index in [1.165, 1.54) is 0 Å². The van der Waals surface area contributed by atoms with Crippen LogP contribution in [0.25, 0.3) is 10.9 Å². The normalized spacial score (nSPS) is 18.9. The van der Waals surface area contributed by atoms with Crippen LogP contribution in [0.5, 0.6) is 5.75 Å². The van der Waals surface area contributed by atoms with Gasteiger partial charge in [-0.05, 0) is 50.6 Å². The van der Waals surface area contributed by atoms with E-state index in [0.717, 1.165) is 59.5 Å². The first-order chi connectivity index (χ1) is 16.6. The number of nitrogen functional groups attached to an aromatic ring is 1. The van der Waals surface area contributed by atoms with Gasteiger partial charge in [0.25, 0.3) is 0 Å². The molecule has 1 saturated heterocycles. The van der Waals surface area contributed by atoms with Crippen LogP contribution in [-0.4, -0.2) is 42.4 Å². The van der Waals surface area contributed by atoms with E-state index in [-0.39, 0.29) is 11.8 Å². The van der Waals surface area contributed by atoms with Crippen LogP contribution in [0.4, 0.5) is 30.4 Å². The van der Waals surface area contributed by atoms with Crippen molar-refractivity contribution in [2.45, 2.75) is 45.5 Å². The topological polar surface area (TPSA) is 85.5 Å². The molecule has 3 N–H and O–H groups in total. The molecule has 186 valence electrons. The van der Waals surface area contributed by atoms with Gasteiger partial charge >= 0.3 is 6.18 Å². The zero-order valence-corrected chi connectivity index (χ0v) is 19.9. The van der Waals surface area contributed by atoms with Crippen molar-refractivity contribution in [3.63, 3.8) is 0 Å². The fourth-order valence-electron chi connectivity index (χ4n) is 4.79. The summed E-state index contributed by atoms with van der Waals surface area (Å²) in [7, 11) is 0. The second-order valence-electron chi connectivity index (χ2n) is 9.20. The number of nitrogens with one attached hydrogen (secondary N) is 1. The van der Waals surface area contributed by atoms with Crippen molar-refractivity contribution in [1.29, 1.82) is 0 Å². The maximum atomic E-state index is 13.4. The number of nitrogens with zero attached hydrogens (tertiary/aromatic N) is 3. The number of aryl methyl sites for hydroxylation is 1. The van der Waals surface area contributed by atoms with E-state index in [1.54, 1.807) is 19.9 Å². The Balaban J connectivity index is 1.59. The van der Waals surface area contributed by atoms with Crippen molar-refractivity contribution in [1.82, 2.24) is 9.97 Å². The second kappa shape index (κ2) is 8.75.